The Labute approximate surface area is 191 Å². The van der Waals surface area contributed by atoms with Gasteiger partial charge in [-0.3, -0.25) is 9.78 Å². The Hall–Kier alpha value is -2.84. The van der Waals surface area contributed by atoms with Crippen molar-refractivity contribution in [2.45, 2.75) is 30.7 Å². The molecule has 32 heavy (non-hydrogen) atoms. The minimum Gasteiger partial charge on any atom is -0.368 e. The van der Waals surface area contributed by atoms with Gasteiger partial charge in [0.1, 0.15) is 11.5 Å². The summed E-state index contributed by atoms with van der Waals surface area (Å²) in [5.41, 5.74) is 5.08. The molecular formula is C24H26N6OS. The van der Waals surface area contributed by atoms with Gasteiger partial charge in [-0.2, -0.15) is 0 Å². The molecule has 1 aliphatic carbocycles. The highest BCUT2D eigenvalue weighted by molar-refractivity contribution is 8.03. The number of likely N-dealkylation sites (tertiary alicyclic amines) is 1. The van der Waals surface area contributed by atoms with E-state index in [0.717, 1.165) is 61.4 Å². The molecule has 3 N–H and O–H groups in total. The smallest absolute Gasteiger partial charge is 0.268 e. The van der Waals surface area contributed by atoms with E-state index in [4.69, 9.17) is 0 Å². The van der Waals surface area contributed by atoms with Gasteiger partial charge in [-0.15, -0.1) is 11.8 Å². The summed E-state index contributed by atoms with van der Waals surface area (Å²) in [5.74, 6) is 1.57. The summed E-state index contributed by atoms with van der Waals surface area (Å²) in [6.45, 7) is 3.10. The first-order valence-corrected chi connectivity index (χ1v) is 12.2. The number of aromatic amines is 1. The molecule has 3 aliphatic rings. The Morgan fingerprint density at radius 3 is 3.03 bits per heavy atom. The maximum atomic E-state index is 12.8. The SMILES string of the molecule is O=C(NC1CCc2cccnc21)C1=CSC(C2CN(CCc3nc4ccccc4[nH]3)C2)N1. The third-order valence-electron chi connectivity index (χ3n) is 6.66. The van der Waals surface area contributed by atoms with Crippen LogP contribution in [0.2, 0.25) is 0 Å². The van der Waals surface area contributed by atoms with Crippen molar-refractivity contribution in [1.29, 1.82) is 0 Å². The van der Waals surface area contributed by atoms with Gasteiger partial charge in [-0.05, 0) is 36.6 Å². The third kappa shape index (κ3) is 3.78. The fraction of sp³-hybridized carbons (Fsp3) is 0.375. The molecule has 1 saturated heterocycles. The Kier molecular flexibility index (Phi) is 5.11. The fourth-order valence-corrected chi connectivity index (χ4v) is 5.92. The van der Waals surface area contributed by atoms with Crippen molar-refractivity contribution in [1.82, 2.24) is 30.5 Å². The van der Waals surface area contributed by atoms with Crippen LogP contribution in [0.1, 0.15) is 29.5 Å². The van der Waals surface area contributed by atoms with Gasteiger partial charge < -0.3 is 20.5 Å². The Bertz CT molecular complexity index is 1150. The maximum Gasteiger partial charge on any atom is 0.268 e. The lowest BCUT2D eigenvalue weighted by Crippen LogP contribution is -2.54. The average molecular weight is 447 g/mol. The number of nitrogens with one attached hydrogen (secondary N) is 3. The van der Waals surface area contributed by atoms with E-state index < -0.39 is 0 Å². The number of pyridine rings is 1. The van der Waals surface area contributed by atoms with Crippen molar-refractivity contribution >= 4 is 28.7 Å². The van der Waals surface area contributed by atoms with Gasteiger partial charge in [-0.1, -0.05) is 18.2 Å². The number of carbonyl (C=O) groups excluding carboxylic acids is 1. The van der Waals surface area contributed by atoms with Crippen LogP contribution < -0.4 is 10.6 Å². The molecule has 2 aliphatic heterocycles. The van der Waals surface area contributed by atoms with Crippen molar-refractivity contribution in [2.24, 2.45) is 5.92 Å². The van der Waals surface area contributed by atoms with E-state index in [1.165, 1.54) is 5.56 Å². The van der Waals surface area contributed by atoms with Crippen molar-refractivity contribution in [2.75, 3.05) is 19.6 Å². The highest BCUT2D eigenvalue weighted by Crippen LogP contribution is 2.33. The van der Waals surface area contributed by atoms with Gasteiger partial charge in [0.25, 0.3) is 5.91 Å². The van der Waals surface area contributed by atoms with E-state index in [9.17, 15) is 4.79 Å². The number of hydrogen-bond donors (Lipinski definition) is 3. The van der Waals surface area contributed by atoms with Crippen LogP contribution in [-0.2, 0) is 17.6 Å². The number of imidazole rings is 1. The summed E-state index contributed by atoms with van der Waals surface area (Å²) >= 11 is 1.73. The van der Waals surface area contributed by atoms with Gasteiger partial charge >= 0.3 is 0 Å². The van der Waals surface area contributed by atoms with Gasteiger partial charge in [0.05, 0.1) is 28.1 Å². The molecule has 7 nitrogen and oxygen atoms in total. The highest BCUT2D eigenvalue weighted by Gasteiger charge is 2.37. The fourth-order valence-electron chi connectivity index (χ4n) is 4.87. The number of amides is 1. The molecule has 0 saturated carbocycles. The standard InChI is InChI=1S/C24H26N6OS/c31-23(28-19-8-7-15-4-3-10-25-22(15)19)20-14-32-24(29-20)16-12-30(13-16)11-9-21-26-17-5-1-2-6-18(17)27-21/h1-6,10,14,16,19,24,29H,7-9,11-13H2,(H,26,27)(H,28,31). The van der Waals surface area contributed by atoms with Crippen LogP contribution in [0.3, 0.4) is 0 Å². The van der Waals surface area contributed by atoms with Crippen LogP contribution in [0, 0.1) is 5.92 Å². The number of aryl methyl sites for hydroxylation is 1. The quantitative estimate of drug-likeness (QED) is 0.540. The maximum absolute atomic E-state index is 12.8. The molecule has 1 amide bonds. The predicted octanol–water partition coefficient (Wildman–Crippen LogP) is 2.74. The van der Waals surface area contributed by atoms with Crippen LogP contribution in [0.4, 0.5) is 0 Å². The summed E-state index contributed by atoms with van der Waals surface area (Å²) in [7, 11) is 0. The van der Waals surface area contributed by atoms with Crippen molar-refractivity contribution in [3.05, 3.63) is 70.8 Å². The summed E-state index contributed by atoms with van der Waals surface area (Å²) in [6, 6.07) is 12.2. The summed E-state index contributed by atoms with van der Waals surface area (Å²) in [5, 5.41) is 8.86. The first-order valence-electron chi connectivity index (χ1n) is 11.3. The molecular weight excluding hydrogens is 420 g/mol. The average Bonchev–Trinajstić information content (AvgIpc) is 3.51. The number of fused-ring (bicyclic) bond motifs is 2. The number of hydrogen-bond acceptors (Lipinski definition) is 6. The van der Waals surface area contributed by atoms with Gasteiger partial charge in [0.2, 0.25) is 0 Å². The first-order chi connectivity index (χ1) is 15.7. The zero-order valence-electron chi connectivity index (χ0n) is 17.8. The number of rotatable bonds is 6. The second-order valence-electron chi connectivity index (χ2n) is 8.82. The third-order valence-corrected chi connectivity index (χ3v) is 7.82. The Morgan fingerprint density at radius 1 is 1.22 bits per heavy atom. The van der Waals surface area contributed by atoms with Crippen molar-refractivity contribution < 1.29 is 4.79 Å². The first kappa shape index (κ1) is 19.8. The Morgan fingerprint density at radius 2 is 2.12 bits per heavy atom. The normalized spacial score (nSPS) is 22.9. The zero-order chi connectivity index (χ0) is 21.5. The van der Waals surface area contributed by atoms with Crippen LogP contribution >= 0.6 is 11.8 Å². The van der Waals surface area contributed by atoms with Crippen LogP contribution in [-0.4, -0.2) is 50.8 Å². The molecule has 2 aromatic heterocycles. The van der Waals surface area contributed by atoms with E-state index in [-0.39, 0.29) is 17.3 Å². The monoisotopic (exact) mass is 446 g/mol. The molecule has 0 radical (unpaired) electrons. The van der Waals surface area contributed by atoms with E-state index in [1.807, 2.05) is 29.7 Å². The van der Waals surface area contributed by atoms with Crippen LogP contribution in [0.15, 0.2) is 53.7 Å². The zero-order valence-corrected chi connectivity index (χ0v) is 18.6. The largest absolute Gasteiger partial charge is 0.368 e. The molecule has 8 heteroatoms. The van der Waals surface area contributed by atoms with Gasteiger partial charge in [-0.25, -0.2) is 4.98 Å². The van der Waals surface area contributed by atoms with Crippen molar-refractivity contribution in [3.63, 3.8) is 0 Å². The van der Waals surface area contributed by atoms with E-state index in [1.54, 1.807) is 18.0 Å². The Balaban J connectivity index is 0.962. The molecule has 1 aromatic carbocycles. The van der Waals surface area contributed by atoms with E-state index >= 15 is 0 Å². The second-order valence-corrected chi connectivity index (χ2v) is 9.83. The molecule has 6 rings (SSSR count). The molecule has 1 fully saturated rings. The number of benzene rings is 1. The minimum atomic E-state index is -0.0235. The summed E-state index contributed by atoms with van der Waals surface area (Å²) in [4.78, 5) is 27.8. The molecule has 0 bridgehead atoms. The lowest BCUT2D eigenvalue weighted by atomic mass is 9.99. The highest BCUT2D eigenvalue weighted by atomic mass is 32.2. The molecule has 2 atom stereocenters. The topological polar surface area (TPSA) is 85.9 Å². The number of thioether (sulfide) groups is 1. The molecule has 164 valence electrons. The molecule has 2 unspecified atom stereocenters. The lowest BCUT2D eigenvalue weighted by molar-refractivity contribution is -0.118. The predicted molar refractivity (Wildman–Crippen MR) is 126 cm³/mol. The van der Waals surface area contributed by atoms with E-state index in [2.05, 4.69) is 42.6 Å². The minimum absolute atomic E-state index is 0.0166. The van der Waals surface area contributed by atoms with Gasteiger partial charge in [0, 0.05) is 43.6 Å². The molecule has 3 aromatic rings. The van der Waals surface area contributed by atoms with E-state index in [0.29, 0.717) is 11.6 Å². The van der Waals surface area contributed by atoms with Crippen molar-refractivity contribution in [3.8, 4) is 0 Å². The molecule has 0 spiro atoms. The lowest BCUT2D eigenvalue weighted by Gasteiger charge is -2.42. The van der Waals surface area contributed by atoms with Gasteiger partial charge in [0.15, 0.2) is 0 Å². The number of aromatic nitrogens is 3. The molecule has 4 heterocycles. The summed E-state index contributed by atoms with van der Waals surface area (Å²) in [6.07, 6.45) is 4.63. The number of nitrogens with zero attached hydrogens (tertiary/aromatic N) is 3. The number of carbonyl (C=O) groups is 1. The number of para-hydroxylation sites is 2. The second kappa shape index (κ2) is 8.26. The van der Waals surface area contributed by atoms with Crippen LogP contribution in [0.25, 0.3) is 11.0 Å². The summed E-state index contributed by atoms with van der Waals surface area (Å²) < 4.78 is 0. The van der Waals surface area contributed by atoms with Crippen LogP contribution in [0.5, 0.6) is 0 Å². The number of H-pyrrole nitrogens is 1.